The van der Waals surface area contributed by atoms with E-state index in [-0.39, 0.29) is 11.9 Å². The lowest BCUT2D eigenvalue weighted by molar-refractivity contribution is -0.132. The van der Waals surface area contributed by atoms with Gasteiger partial charge < -0.3 is 20.5 Å². The minimum absolute atomic E-state index is 0.0310. The summed E-state index contributed by atoms with van der Waals surface area (Å²) in [4.78, 5) is 14.1. The van der Waals surface area contributed by atoms with Gasteiger partial charge in [-0.3, -0.25) is 9.69 Å². The van der Waals surface area contributed by atoms with Crippen molar-refractivity contribution in [2.75, 3.05) is 39.1 Å². The van der Waals surface area contributed by atoms with Crippen LogP contribution in [0.5, 0.6) is 5.75 Å². The Morgan fingerprint density at radius 2 is 2.38 bits per heavy atom. The zero-order valence-corrected chi connectivity index (χ0v) is 12.6. The van der Waals surface area contributed by atoms with Crippen LogP contribution in [-0.2, 0) is 16.1 Å². The molecule has 3 N–H and O–H groups in total. The number of hydrogen-bond donors (Lipinski definition) is 2. The average Bonchev–Trinajstić information content (AvgIpc) is 2.50. The van der Waals surface area contributed by atoms with Crippen molar-refractivity contribution in [3.05, 3.63) is 23.8 Å². The minimum Gasteiger partial charge on any atom is -0.494 e. The molecule has 1 unspecified atom stereocenters. The third kappa shape index (κ3) is 3.86. The first-order chi connectivity index (χ1) is 10.2. The molecular formula is C15H23N3O3. The zero-order chi connectivity index (χ0) is 15.2. The summed E-state index contributed by atoms with van der Waals surface area (Å²) in [5, 5.41) is 2.69. The van der Waals surface area contributed by atoms with Crippen molar-refractivity contribution in [3.8, 4) is 5.75 Å². The molecule has 1 heterocycles. The number of nitrogens with two attached hydrogens (primary N) is 1. The number of carbonyl (C=O) groups is 1. The van der Waals surface area contributed by atoms with Gasteiger partial charge in [-0.25, -0.2) is 0 Å². The van der Waals surface area contributed by atoms with Crippen LogP contribution < -0.4 is 15.8 Å². The number of benzene rings is 1. The first-order valence-corrected chi connectivity index (χ1v) is 7.20. The van der Waals surface area contributed by atoms with Crippen molar-refractivity contribution in [1.29, 1.82) is 0 Å². The lowest BCUT2D eigenvalue weighted by Gasteiger charge is -2.34. The Morgan fingerprint density at radius 1 is 1.57 bits per heavy atom. The Hall–Kier alpha value is -1.79. The first kappa shape index (κ1) is 15.6. The molecule has 1 aromatic rings. The maximum absolute atomic E-state index is 12.0. The monoisotopic (exact) mass is 293 g/mol. The summed E-state index contributed by atoms with van der Waals surface area (Å²) >= 11 is 0. The standard InChI is InChI=1S/C15H23N3O3/c1-3-21-14-5-4-12(16)8-11(14)9-18-6-7-20-10-13(18)15(19)17-2/h4-5,8,13H,3,6-7,9-10,16H2,1-2H3,(H,17,19). The number of nitrogen functional groups attached to an aromatic ring is 1. The number of rotatable bonds is 5. The largest absolute Gasteiger partial charge is 0.494 e. The van der Waals surface area contributed by atoms with E-state index >= 15 is 0 Å². The van der Waals surface area contributed by atoms with Crippen LogP contribution in [0.4, 0.5) is 5.69 Å². The van der Waals surface area contributed by atoms with Gasteiger partial charge in [0.25, 0.3) is 0 Å². The Kier molecular flexibility index (Phi) is 5.41. The van der Waals surface area contributed by atoms with Gasteiger partial charge in [0.15, 0.2) is 0 Å². The van der Waals surface area contributed by atoms with Gasteiger partial charge in [0.05, 0.1) is 19.8 Å². The number of morpholine rings is 1. The quantitative estimate of drug-likeness (QED) is 0.778. The van der Waals surface area contributed by atoms with Crippen molar-refractivity contribution in [3.63, 3.8) is 0 Å². The van der Waals surface area contributed by atoms with E-state index in [1.807, 2.05) is 25.1 Å². The van der Waals surface area contributed by atoms with E-state index in [1.54, 1.807) is 7.05 Å². The topological polar surface area (TPSA) is 76.8 Å². The smallest absolute Gasteiger partial charge is 0.239 e. The third-order valence-corrected chi connectivity index (χ3v) is 3.55. The average molecular weight is 293 g/mol. The van der Waals surface area contributed by atoms with Crippen molar-refractivity contribution in [1.82, 2.24) is 10.2 Å². The van der Waals surface area contributed by atoms with Crippen LogP contribution in [0.1, 0.15) is 12.5 Å². The van der Waals surface area contributed by atoms with Gasteiger partial charge in [-0.2, -0.15) is 0 Å². The fourth-order valence-corrected chi connectivity index (χ4v) is 2.47. The molecule has 0 saturated carbocycles. The lowest BCUT2D eigenvalue weighted by Crippen LogP contribution is -2.52. The van der Waals surface area contributed by atoms with Crippen molar-refractivity contribution < 1.29 is 14.3 Å². The second-order valence-electron chi connectivity index (χ2n) is 4.98. The van der Waals surface area contributed by atoms with Crippen molar-refractivity contribution in [2.24, 2.45) is 0 Å². The SMILES string of the molecule is CCOc1ccc(N)cc1CN1CCOCC1C(=O)NC. The van der Waals surface area contributed by atoms with Crippen LogP contribution in [0.2, 0.25) is 0 Å². The fourth-order valence-electron chi connectivity index (χ4n) is 2.47. The molecule has 1 aromatic carbocycles. The van der Waals surface area contributed by atoms with Crippen LogP contribution in [0, 0.1) is 0 Å². The maximum atomic E-state index is 12.0. The first-order valence-electron chi connectivity index (χ1n) is 7.20. The molecule has 0 spiro atoms. The van der Waals surface area contributed by atoms with Crippen LogP contribution in [-0.4, -0.2) is 50.3 Å². The Labute approximate surface area is 125 Å². The minimum atomic E-state index is -0.278. The van der Waals surface area contributed by atoms with E-state index < -0.39 is 0 Å². The number of amides is 1. The van der Waals surface area contributed by atoms with E-state index in [9.17, 15) is 4.79 Å². The summed E-state index contributed by atoms with van der Waals surface area (Å²) in [5.74, 6) is 0.783. The summed E-state index contributed by atoms with van der Waals surface area (Å²) in [6.07, 6.45) is 0. The van der Waals surface area contributed by atoms with Gasteiger partial charge in [0.2, 0.25) is 5.91 Å². The summed E-state index contributed by atoms with van der Waals surface area (Å²) < 4.78 is 11.1. The molecule has 21 heavy (non-hydrogen) atoms. The molecule has 1 amide bonds. The molecule has 116 valence electrons. The van der Waals surface area contributed by atoms with E-state index in [4.69, 9.17) is 15.2 Å². The third-order valence-electron chi connectivity index (χ3n) is 3.55. The van der Waals surface area contributed by atoms with Crippen LogP contribution in [0.25, 0.3) is 0 Å². The fraction of sp³-hybridized carbons (Fsp3) is 0.533. The molecule has 0 aliphatic carbocycles. The highest BCUT2D eigenvalue weighted by atomic mass is 16.5. The van der Waals surface area contributed by atoms with Crippen molar-refractivity contribution in [2.45, 2.75) is 19.5 Å². The predicted molar refractivity (Wildman–Crippen MR) is 81.1 cm³/mol. The number of anilines is 1. The maximum Gasteiger partial charge on any atom is 0.239 e. The Bertz CT molecular complexity index is 493. The molecule has 0 aromatic heterocycles. The van der Waals surface area contributed by atoms with Gasteiger partial charge in [0, 0.05) is 31.4 Å². The molecule has 6 heteroatoms. The van der Waals surface area contributed by atoms with Crippen LogP contribution in [0.15, 0.2) is 18.2 Å². The summed E-state index contributed by atoms with van der Waals surface area (Å²) in [7, 11) is 1.64. The molecule has 1 aliphatic rings. The highest BCUT2D eigenvalue weighted by molar-refractivity contribution is 5.81. The molecule has 1 fully saturated rings. The Morgan fingerprint density at radius 3 is 3.10 bits per heavy atom. The molecular weight excluding hydrogens is 270 g/mol. The molecule has 1 saturated heterocycles. The molecule has 0 radical (unpaired) electrons. The van der Waals surface area contributed by atoms with E-state index in [0.717, 1.165) is 11.3 Å². The van der Waals surface area contributed by atoms with E-state index in [2.05, 4.69) is 10.2 Å². The van der Waals surface area contributed by atoms with Gasteiger partial charge in [-0.05, 0) is 25.1 Å². The van der Waals surface area contributed by atoms with E-state index in [0.29, 0.717) is 38.6 Å². The normalized spacial score (nSPS) is 19.2. The van der Waals surface area contributed by atoms with Crippen LogP contribution >= 0.6 is 0 Å². The van der Waals surface area contributed by atoms with Crippen LogP contribution in [0.3, 0.4) is 0 Å². The molecule has 6 nitrogen and oxygen atoms in total. The number of carbonyl (C=O) groups excluding carboxylic acids is 1. The summed E-state index contributed by atoms with van der Waals surface area (Å²) in [6.45, 7) is 4.90. The Balaban J connectivity index is 2.18. The second-order valence-corrected chi connectivity index (χ2v) is 4.98. The molecule has 1 atom stereocenters. The lowest BCUT2D eigenvalue weighted by atomic mass is 10.1. The second kappa shape index (κ2) is 7.28. The molecule has 1 aliphatic heterocycles. The van der Waals surface area contributed by atoms with E-state index in [1.165, 1.54) is 0 Å². The molecule has 2 rings (SSSR count). The van der Waals surface area contributed by atoms with Crippen molar-refractivity contribution >= 4 is 11.6 Å². The van der Waals surface area contributed by atoms with Gasteiger partial charge >= 0.3 is 0 Å². The highest BCUT2D eigenvalue weighted by Crippen LogP contribution is 2.24. The summed E-state index contributed by atoms with van der Waals surface area (Å²) in [6, 6.07) is 5.33. The zero-order valence-electron chi connectivity index (χ0n) is 12.6. The number of nitrogens with zero attached hydrogens (tertiary/aromatic N) is 1. The number of likely N-dealkylation sites (N-methyl/N-ethyl adjacent to an activating group) is 1. The van der Waals surface area contributed by atoms with Gasteiger partial charge in [0.1, 0.15) is 11.8 Å². The molecule has 0 bridgehead atoms. The number of ether oxygens (including phenoxy) is 2. The predicted octanol–water partition coefficient (Wildman–Crippen LogP) is 0.614. The number of nitrogens with one attached hydrogen (secondary N) is 1. The highest BCUT2D eigenvalue weighted by Gasteiger charge is 2.29. The van der Waals surface area contributed by atoms with Gasteiger partial charge in [-0.15, -0.1) is 0 Å². The number of hydrogen-bond acceptors (Lipinski definition) is 5. The van der Waals surface area contributed by atoms with Gasteiger partial charge in [-0.1, -0.05) is 0 Å². The summed E-state index contributed by atoms with van der Waals surface area (Å²) in [5.41, 5.74) is 7.56.